The number of rotatable bonds is 17. The molecule has 0 spiro atoms. The van der Waals surface area contributed by atoms with Gasteiger partial charge < -0.3 is 41.5 Å². The standard InChI is InChI=1S/C31H48N5O9/c1-18(2)23(16-37)34-26(40)14-13-25(39)22(15-21-11-9-8-10-12-21)35-28(42)20(4)32-27(41)19(3)33-29(43)24(17-38)36-30(44)45-31(5,6)7/h8-12,18-20,22-25,38-39H,13-15,17H2,1-7H3,(H,32,41)(H,33,43)(H,34,40)(H,35,42)(H,36,44). The third-order valence-corrected chi connectivity index (χ3v) is 6.56. The average molecular weight is 635 g/mol. The molecule has 1 radical (unpaired) electrons. The van der Waals surface area contributed by atoms with E-state index in [9.17, 15) is 39.0 Å². The number of benzene rings is 1. The maximum absolute atomic E-state index is 13.1. The van der Waals surface area contributed by atoms with Crippen molar-refractivity contribution in [2.45, 2.75) is 110 Å². The molecule has 251 valence electrons. The Hall–Kier alpha value is -4.04. The second-order valence-corrected chi connectivity index (χ2v) is 12.2. The summed E-state index contributed by atoms with van der Waals surface area (Å²) in [6.07, 6.45) is -0.180. The predicted octanol–water partition coefficient (Wildman–Crippen LogP) is 0.000500. The molecule has 0 heterocycles. The molecule has 0 bridgehead atoms. The number of amides is 5. The van der Waals surface area contributed by atoms with Crippen molar-refractivity contribution in [2.75, 3.05) is 6.61 Å². The fourth-order valence-electron chi connectivity index (χ4n) is 3.94. The van der Waals surface area contributed by atoms with Crippen LogP contribution in [-0.2, 0) is 35.1 Å². The maximum Gasteiger partial charge on any atom is 0.408 e. The van der Waals surface area contributed by atoms with Crippen molar-refractivity contribution in [3.05, 3.63) is 35.9 Å². The Bertz CT molecular complexity index is 1140. The lowest BCUT2D eigenvalue weighted by atomic mass is 9.97. The van der Waals surface area contributed by atoms with E-state index in [0.717, 1.165) is 5.56 Å². The van der Waals surface area contributed by atoms with E-state index in [1.54, 1.807) is 53.0 Å². The first kappa shape index (κ1) is 39.0. The topological polar surface area (TPSA) is 212 Å². The highest BCUT2D eigenvalue weighted by atomic mass is 16.6. The number of alkyl carbamates (subject to hydrolysis) is 1. The molecule has 1 rings (SSSR count). The Labute approximate surface area is 264 Å². The summed E-state index contributed by atoms with van der Waals surface area (Å²) in [7, 11) is 0. The molecule has 14 heteroatoms. The Kier molecular flexibility index (Phi) is 16.2. The van der Waals surface area contributed by atoms with E-state index in [1.165, 1.54) is 13.8 Å². The molecule has 1 aromatic rings. The molecule has 0 fully saturated rings. The summed E-state index contributed by atoms with van der Waals surface area (Å²) in [5, 5.41) is 32.9. The van der Waals surface area contributed by atoms with Crippen LogP contribution in [0, 0.1) is 5.92 Å². The highest BCUT2D eigenvalue weighted by Gasteiger charge is 2.29. The van der Waals surface area contributed by atoms with Crippen LogP contribution in [0.2, 0.25) is 0 Å². The molecule has 0 aliphatic rings. The number of aliphatic hydroxyl groups excluding tert-OH is 2. The first-order valence-corrected chi connectivity index (χ1v) is 14.9. The van der Waals surface area contributed by atoms with Gasteiger partial charge in [0.05, 0.1) is 24.8 Å². The molecule has 6 unspecified atom stereocenters. The molecule has 0 saturated heterocycles. The summed E-state index contributed by atoms with van der Waals surface area (Å²) >= 11 is 0. The van der Waals surface area contributed by atoms with E-state index in [4.69, 9.17) is 4.74 Å². The van der Waals surface area contributed by atoms with Crippen molar-refractivity contribution in [3.63, 3.8) is 0 Å². The van der Waals surface area contributed by atoms with Gasteiger partial charge in [-0.25, -0.2) is 4.79 Å². The number of nitrogens with one attached hydrogen (secondary N) is 5. The number of aliphatic hydroxyl groups is 2. The van der Waals surface area contributed by atoms with Gasteiger partial charge in [-0.3, -0.25) is 24.0 Å². The zero-order valence-corrected chi connectivity index (χ0v) is 27.0. The largest absolute Gasteiger partial charge is 0.444 e. The smallest absolute Gasteiger partial charge is 0.408 e. The number of carbonyl (C=O) groups is 5. The van der Waals surface area contributed by atoms with Gasteiger partial charge in [-0.15, -0.1) is 0 Å². The minimum absolute atomic E-state index is 0.0134. The monoisotopic (exact) mass is 634 g/mol. The van der Waals surface area contributed by atoms with Crippen molar-refractivity contribution in [1.29, 1.82) is 0 Å². The molecule has 7 N–H and O–H groups in total. The fourth-order valence-corrected chi connectivity index (χ4v) is 3.94. The Balaban J connectivity index is 2.82. The molecule has 0 aliphatic heterocycles. The Morgan fingerprint density at radius 2 is 1.40 bits per heavy atom. The van der Waals surface area contributed by atoms with Crippen LogP contribution in [0.4, 0.5) is 4.79 Å². The van der Waals surface area contributed by atoms with Gasteiger partial charge in [-0.1, -0.05) is 44.2 Å². The molecule has 5 amide bonds. The molecular weight excluding hydrogens is 586 g/mol. The van der Waals surface area contributed by atoms with Crippen molar-refractivity contribution >= 4 is 36.0 Å². The number of ether oxygens (including phenoxy) is 1. The second-order valence-electron chi connectivity index (χ2n) is 12.2. The van der Waals surface area contributed by atoms with Crippen LogP contribution in [0.15, 0.2) is 30.3 Å². The minimum Gasteiger partial charge on any atom is -0.444 e. The first-order valence-electron chi connectivity index (χ1n) is 14.9. The third kappa shape index (κ3) is 15.0. The second kappa shape index (κ2) is 18.7. The van der Waals surface area contributed by atoms with Crippen molar-refractivity contribution in [1.82, 2.24) is 26.6 Å². The van der Waals surface area contributed by atoms with E-state index >= 15 is 0 Å². The van der Waals surface area contributed by atoms with Gasteiger partial charge in [-0.05, 0) is 58.9 Å². The van der Waals surface area contributed by atoms with Crippen LogP contribution in [0.25, 0.3) is 0 Å². The molecule has 0 saturated carbocycles. The summed E-state index contributed by atoms with van der Waals surface area (Å²) in [5.41, 5.74) is -0.0179. The van der Waals surface area contributed by atoms with Crippen LogP contribution < -0.4 is 26.6 Å². The van der Waals surface area contributed by atoms with Gasteiger partial charge in [0.1, 0.15) is 23.7 Å². The molecular formula is C31H48N5O9. The van der Waals surface area contributed by atoms with Crippen molar-refractivity contribution < 1.29 is 43.7 Å². The van der Waals surface area contributed by atoms with Crippen LogP contribution in [-0.4, -0.2) is 94.7 Å². The SMILES string of the molecule is CC(NC(=O)C(C)NC(=O)C(CO)NC(=O)OC(C)(C)C)C(=O)NC(Cc1ccccc1)C(O)CCC(=O)NC([C]=O)C(C)C. The van der Waals surface area contributed by atoms with Gasteiger partial charge in [0, 0.05) is 6.42 Å². The van der Waals surface area contributed by atoms with E-state index in [-0.39, 0.29) is 25.2 Å². The average Bonchev–Trinajstić information content (AvgIpc) is 2.96. The van der Waals surface area contributed by atoms with E-state index in [2.05, 4.69) is 26.6 Å². The molecule has 0 aliphatic carbocycles. The van der Waals surface area contributed by atoms with Gasteiger partial charge in [-0.2, -0.15) is 0 Å². The number of hydrogen-bond donors (Lipinski definition) is 7. The van der Waals surface area contributed by atoms with Gasteiger partial charge >= 0.3 is 6.09 Å². The summed E-state index contributed by atoms with van der Waals surface area (Å²) in [5.74, 6) is -2.78. The molecule has 45 heavy (non-hydrogen) atoms. The maximum atomic E-state index is 13.1. The minimum atomic E-state index is -1.38. The molecule has 1 aromatic carbocycles. The summed E-state index contributed by atoms with van der Waals surface area (Å²) in [6.45, 7) is 10.5. The molecule has 0 aromatic heterocycles. The zero-order chi connectivity index (χ0) is 34.3. The zero-order valence-electron chi connectivity index (χ0n) is 27.0. The van der Waals surface area contributed by atoms with Crippen LogP contribution in [0.1, 0.15) is 66.9 Å². The van der Waals surface area contributed by atoms with E-state index in [1.807, 2.05) is 18.2 Å². The Morgan fingerprint density at radius 1 is 0.844 bits per heavy atom. The van der Waals surface area contributed by atoms with E-state index < -0.39 is 78.2 Å². The summed E-state index contributed by atoms with van der Waals surface area (Å²) < 4.78 is 5.08. The number of hydrogen-bond acceptors (Lipinski definition) is 9. The summed E-state index contributed by atoms with van der Waals surface area (Å²) in [6, 6.07) is 3.84. The predicted molar refractivity (Wildman–Crippen MR) is 165 cm³/mol. The van der Waals surface area contributed by atoms with Crippen LogP contribution in [0.3, 0.4) is 0 Å². The van der Waals surface area contributed by atoms with Crippen molar-refractivity contribution in [3.8, 4) is 0 Å². The van der Waals surface area contributed by atoms with Gasteiger partial charge in [0.25, 0.3) is 0 Å². The summed E-state index contributed by atoms with van der Waals surface area (Å²) in [4.78, 5) is 73.8. The highest BCUT2D eigenvalue weighted by Crippen LogP contribution is 2.12. The van der Waals surface area contributed by atoms with Gasteiger partial charge in [0.2, 0.25) is 29.9 Å². The van der Waals surface area contributed by atoms with Gasteiger partial charge in [0.15, 0.2) is 0 Å². The normalized spacial score (nSPS) is 15.3. The number of carbonyl (C=O) groups excluding carboxylic acids is 6. The lowest BCUT2D eigenvalue weighted by Crippen LogP contribution is -2.57. The third-order valence-electron chi connectivity index (χ3n) is 6.56. The highest BCUT2D eigenvalue weighted by molar-refractivity contribution is 5.93. The fraction of sp³-hybridized carbons (Fsp3) is 0.613. The van der Waals surface area contributed by atoms with Crippen LogP contribution in [0.5, 0.6) is 0 Å². The Morgan fingerprint density at radius 3 is 1.91 bits per heavy atom. The lowest BCUT2D eigenvalue weighted by Gasteiger charge is -2.27. The van der Waals surface area contributed by atoms with E-state index in [0.29, 0.717) is 0 Å². The van der Waals surface area contributed by atoms with Crippen molar-refractivity contribution in [2.24, 2.45) is 5.92 Å². The lowest BCUT2D eigenvalue weighted by molar-refractivity contribution is -0.132. The molecule has 14 nitrogen and oxygen atoms in total. The van der Waals surface area contributed by atoms with Crippen LogP contribution >= 0.6 is 0 Å². The quantitative estimate of drug-likeness (QED) is 0.123. The first-order chi connectivity index (χ1) is 21.0. The molecule has 6 atom stereocenters.